The molecule has 0 aliphatic rings. The fourth-order valence-corrected chi connectivity index (χ4v) is 1.12. The lowest BCUT2D eigenvalue weighted by molar-refractivity contribution is -0.144. The third kappa shape index (κ3) is 2.41. The number of hydrogen-bond donors (Lipinski definition) is 1. The first kappa shape index (κ1) is 11.8. The van der Waals surface area contributed by atoms with Crippen molar-refractivity contribution in [3.8, 4) is 0 Å². The van der Waals surface area contributed by atoms with Gasteiger partial charge in [0.05, 0.1) is 5.02 Å². The van der Waals surface area contributed by atoms with Gasteiger partial charge in [0.2, 0.25) is 0 Å². The largest absolute Gasteiger partial charge is 0.480 e. The number of aliphatic carboxylic acids is 1. The standard InChI is InChI=1S/C7H6ClF3N2O2/c1-3(6(14)15)13-2-4(8)5(12-13)7(9,10)11/h2-3H,1H3,(H,14,15). The summed E-state index contributed by atoms with van der Waals surface area (Å²) < 4.78 is 37.3. The zero-order valence-electron chi connectivity index (χ0n) is 7.42. The van der Waals surface area contributed by atoms with E-state index in [0.717, 1.165) is 6.20 Å². The van der Waals surface area contributed by atoms with Crippen LogP contribution in [0.25, 0.3) is 0 Å². The average Bonchev–Trinajstić information content (AvgIpc) is 2.44. The van der Waals surface area contributed by atoms with Crippen LogP contribution >= 0.6 is 11.6 Å². The Hall–Kier alpha value is -1.24. The van der Waals surface area contributed by atoms with Crippen LogP contribution in [0.3, 0.4) is 0 Å². The molecule has 15 heavy (non-hydrogen) atoms. The quantitative estimate of drug-likeness (QED) is 0.865. The Morgan fingerprint density at radius 2 is 2.20 bits per heavy atom. The molecule has 0 spiro atoms. The Morgan fingerprint density at radius 1 is 1.67 bits per heavy atom. The molecule has 0 radical (unpaired) electrons. The van der Waals surface area contributed by atoms with Gasteiger partial charge in [-0.3, -0.25) is 4.68 Å². The number of aromatic nitrogens is 2. The van der Waals surface area contributed by atoms with E-state index in [0.29, 0.717) is 4.68 Å². The molecule has 84 valence electrons. The zero-order valence-corrected chi connectivity index (χ0v) is 8.17. The van der Waals surface area contributed by atoms with Crippen LogP contribution in [0.15, 0.2) is 6.20 Å². The molecule has 0 bridgehead atoms. The van der Waals surface area contributed by atoms with Crippen LogP contribution in [-0.2, 0) is 11.0 Å². The van der Waals surface area contributed by atoms with E-state index in [1.165, 1.54) is 6.92 Å². The molecule has 1 atom stereocenters. The number of alkyl halides is 3. The van der Waals surface area contributed by atoms with E-state index in [2.05, 4.69) is 5.10 Å². The third-order valence-electron chi connectivity index (χ3n) is 1.71. The molecule has 0 amide bonds. The van der Waals surface area contributed by atoms with Gasteiger partial charge in [-0.2, -0.15) is 18.3 Å². The molecule has 0 saturated heterocycles. The minimum Gasteiger partial charge on any atom is -0.480 e. The second kappa shape index (κ2) is 3.73. The Morgan fingerprint density at radius 3 is 2.53 bits per heavy atom. The number of carboxylic acids is 1. The first-order chi connectivity index (χ1) is 6.73. The fraction of sp³-hybridized carbons (Fsp3) is 0.429. The summed E-state index contributed by atoms with van der Waals surface area (Å²) in [6, 6.07) is -1.20. The highest BCUT2D eigenvalue weighted by molar-refractivity contribution is 6.31. The second-order valence-electron chi connectivity index (χ2n) is 2.82. The van der Waals surface area contributed by atoms with Crippen LogP contribution in [0, 0.1) is 0 Å². The lowest BCUT2D eigenvalue weighted by Gasteiger charge is -2.06. The summed E-state index contributed by atoms with van der Waals surface area (Å²) in [4.78, 5) is 10.5. The van der Waals surface area contributed by atoms with Gasteiger partial charge >= 0.3 is 12.1 Å². The minimum absolute atomic E-state index is 0.615. The van der Waals surface area contributed by atoms with Crippen molar-refractivity contribution in [3.05, 3.63) is 16.9 Å². The van der Waals surface area contributed by atoms with Crippen molar-refractivity contribution in [1.82, 2.24) is 9.78 Å². The van der Waals surface area contributed by atoms with Crippen molar-refractivity contribution in [1.29, 1.82) is 0 Å². The Balaban J connectivity index is 3.11. The molecule has 4 nitrogen and oxygen atoms in total. The molecule has 0 aromatic carbocycles. The Labute approximate surface area is 87.3 Å². The van der Waals surface area contributed by atoms with E-state index < -0.39 is 28.9 Å². The molecule has 1 heterocycles. The molecular formula is C7H6ClF3N2O2. The van der Waals surface area contributed by atoms with E-state index >= 15 is 0 Å². The fourth-order valence-electron chi connectivity index (χ4n) is 0.873. The third-order valence-corrected chi connectivity index (χ3v) is 1.99. The highest BCUT2D eigenvalue weighted by Crippen LogP contribution is 2.33. The van der Waals surface area contributed by atoms with Crippen LogP contribution < -0.4 is 0 Å². The number of halogens is 4. The van der Waals surface area contributed by atoms with Gasteiger partial charge in [0.1, 0.15) is 6.04 Å². The maximum absolute atomic E-state index is 12.2. The maximum Gasteiger partial charge on any atom is 0.436 e. The minimum atomic E-state index is -4.68. The number of rotatable bonds is 2. The van der Waals surface area contributed by atoms with Gasteiger partial charge < -0.3 is 5.11 Å². The van der Waals surface area contributed by atoms with Gasteiger partial charge in [0.15, 0.2) is 5.69 Å². The summed E-state index contributed by atoms with van der Waals surface area (Å²) in [6.07, 6.45) is -3.84. The molecule has 1 unspecified atom stereocenters. The van der Waals surface area contributed by atoms with E-state index in [4.69, 9.17) is 16.7 Å². The molecule has 0 aliphatic carbocycles. The van der Waals surface area contributed by atoms with Gasteiger partial charge in [0.25, 0.3) is 0 Å². The normalized spacial score (nSPS) is 13.9. The average molecular weight is 243 g/mol. The first-order valence-electron chi connectivity index (χ1n) is 3.78. The van der Waals surface area contributed by atoms with Gasteiger partial charge in [-0.15, -0.1) is 0 Å². The van der Waals surface area contributed by atoms with Gasteiger partial charge in [-0.05, 0) is 6.92 Å². The lowest BCUT2D eigenvalue weighted by Crippen LogP contribution is -2.17. The molecule has 1 N–H and O–H groups in total. The predicted molar refractivity (Wildman–Crippen MR) is 44.6 cm³/mol. The molecule has 1 rings (SSSR count). The van der Waals surface area contributed by atoms with Gasteiger partial charge in [-0.1, -0.05) is 11.6 Å². The number of nitrogens with zero attached hydrogens (tertiary/aromatic N) is 2. The topological polar surface area (TPSA) is 55.1 Å². The molecule has 0 saturated carbocycles. The summed E-state index contributed by atoms with van der Waals surface area (Å²) in [7, 11) is 0. The maximum atomic E-state index is 12.2. The van der Waals surface area contributed by atoms with E-state index in [1.54, 1.807) is 0 Å². The summed E-state index contributed by atoms with van der Waals surface area (Å²) >= 11 is 5.28. The van der Waals surface area contributed by atoms with Crippen molar-refractivity contribution in [3.63, 3.8) is 0 Å². The van der Waals surface area contributed by atoms with Crippen molar-refractivity contribution >= 4 is 17.6 Å². The molecule has 8 heteroatoms. The van der Waals surface area contributed by atoms with Crippen LogP contribution in [0.5, 0.6) is 0 Å². The van der Waals surface area contributed by atoms with Gasteiger partial charge in [-0.25, -0.2) is 4.79 Å². The zero-order chi connectivity index (χ0) is 11.8. The number of carboxylic acid groups (broad SMARTS) is 1. The summed E-state index contributed by atoms with van der Waals surface area (Å²) in [5.41, 5.74) is -1.28. The highest BCUT2D eigenvalue weighted by Gasteiger charge is 2.37. The smallest absolute Gasteiger partial charge is 0.436 e. The monoisotopic (exact) mass is 242 g/mol. The second-order valence-corrected chi connectivity index (χ2v) is 3.22. The van der Waals surface area contributed by atoms with Crippen LogP contribution in [-0.4, -0.2) is 20.9 Å². The van der Waals surface area contributed by atoms with Crippen molar-refractivity contribution in [2.45, 2.75) is 19.1 Å². The molecule has 1 aromatic rings. The molecule has 0 fully saturated rings. The lowest BCUT2D eigenvalue weighted by atomic mass is 10.3. The first-order valence-corrected chi connectivity index (χ1v) is 4.16. The van der Waals surface area contributed by atoms with Crippen molar-refractivity contribution in [2.75, 3.05) is 0 Å². The van der Waals surface area contributed by atoms with Crippen LogP contribution in [0.1, 0.15) is 18.7 Å². The molecular weight excluding hydrogens is 237 g/mol. The van der Waals surface area contributed by atoms with Crippen molar-refractivity contribution in [2.24, 2.45) is 0 Å². The summed E-state index contributed by atoms with van der Waals surface area (Å²) in [5.74, 6) is -1.29. The Bertz CT molecular complexity index is 388. The number of hydrogen-bond acceptors (Lipinski definition) is 2. The SMILES string of the molecule is CC(C(=O)O)n1cc(Cl)c(C(F)(F)F)n1. The van der Waals surface area contributed by atoms with Crippen molar-refractivity contribution < 1.29 is 23.1 Å². The Kier molecular flexibility index (Phi) is 2.94. The summed E-state index contributed by atoms with van der Waals surface area (Å²) in [6.45, 7) is 1.20. The molecule has 1 aromatic heterocycles. The van der Waals surface area contributed by atoms with Crippen LogP contribution in [0.4, 0.5) is 13.2 Å². The van der Waals surface area contributed by atoms with E-state index in [-0.39, 0.29) is 0 Å². The van der Waals surface area contributed by atoms with E-state index in [1.807, 2.05) is 0 Å². The predicted octanol–water partition coefficient (Wildman–Crippen LogP) is 2.20. The number of carbonyl (C=O) groups is 1. The van der Waals surface area contributed by atoms with Gasteiger partial charge in [0, 0.05) is 6.20 Å². The highest BCUT2D eigenvalue weighted by atomic mass is 35.5. The van der Waals surface area contributed by atoms with Crippen LogP contribution in [0.2, 0.25) is 5.02 Å². The molecule has 0 aliphatic heterocycles. The van der Waals surface area contributed by atoms with E-state index in [9.17, 15) is 18.0 Å². The summed E-state index contributed by atoms with van der Waals surface area (Å²) in [5, 5.41) is 11.0.